The second-order valence-electron chi connectivity index (χ2n) is 6.12. The quantitative estimate of drug-likeness (QED) is 0.387. The molecule has 0 spiro atoms. The number of aromatic hydroxyl groups is 1. The predicted octanol–water partition coefficient (Wildman–Crippen LogP) is 3.93. The molecule has 7 nitrogen and oxygen atoms in total. The number of rotatable bonds is 8. The lowest BCUT2D eigenvalue weighted by Gasteiger charge is -2.06. The highest BCUT2D eigenvalue weighted by atomic mass is 32.1. The van der Waals surface area contributed by atoms with Crippen LogP contribution in [0, 0.1) is 29.6 Å². The first-order chi connectivity index (χ1) is 14.4. The van der Waals surface area contributed by atoms with Gasteiger partial charge in [-0.2, -0.15) is 10.5 Å². The standard InChI is InChI=1S/C22H20N2O5S/c1-4-28-19-9-14(6-7-17(19)25)8-15(11-23)18(26)10-20-16(12-24)13(3)21(30-20)22(27)29-5-2/h6-9,25H,4-5,10H2,1-3H3/b15-8+. The zero-order valence-corrected chi connectivity index (χ0v) is 17.6. The third-order valence-electron chi connectivity index (χ3n) is 4.13. The minimum absolute atomic E-state index is 0.0435. The smallest absolute Gasteiger partial charge is 0.348 e. The molecule has 1 heterocycles. The van der Waals surface area contributed by atoms with Gasteiger partial charge >= 0.3 is 5.97 Å². The Balaban J connectivity index is 2.34. The molecular formula is C22H20N2O5S. The number of benzene rings is 1. The molecule has 0 amide bonds. The maximum atomic E-state index is 12.7. The fourth-order valence-corrected chi connectivity index (χ4v) is 3.86. The van der Waals surface area contributed by atoms with E-state index in [9.17, 15) is 25.2 Å². The normalized spacial score (nSPS) is 10.8. The number of Topliss-reactive ketones (excluding diaryl/α,β-unsaturated/α-hetero) is 1. The summed E-state index contributed by atoms with van der Waals surface area (Å²) >= 11 is 1.02. The van der Waals surface area contributed by atoms with E-state index in [0.29, 0.717) is 22.6 Å². The fraction of sp³-hybridized carbons (Fsp3) is 0.273. The van der Waals surface area contributed by atoms with Crippen molar-refractivity contribution >= 4 is 29.2 Å². The first-order valence-electron chi connectivity index (χ1n) is 9.16. The summed E-state index contributed by atoms with van der Waals surface area (Å²) in [5.41, 5.74) is 1.11. The van der Waals surface area contributed by atoms with Crippen molar-refractivity contribution in [3.63, 3.8) is 0 Å². The van der Waals surface area contributed by atoms with E-state index in [1.165, 1.54) is 18.2 Å². The van der Waals surface area contributed by atoms with Crippen LogP contribution in [0.3, 0.4) is 0 Å². The number of hydrogen-bond acceptors (Lipinski definition) is 8. The number of phenolic OH excluding ortho intramolecular Hbond substituents is 1. The number of hydrogen-bond donors (Lipinski definition) is 1. The average Bonchev–Trinajstić information content (AvgIpc) is 3.03. The molecule has 0 saturated heterocycles. The number of allylic oxidation sites excluding steroid dienone is 1. The molecule has 2 aromatic rings. The first-order valence-corrected chi connectivity index (χ1v) is 9.98. The number of esters is 1. The Bertz CT molecular complexity index is 1090. The van der Waals surface area contributed by atoms with E-state index in [1.54, 1.807) is 26.8 Å². The third kappa shape index (κ3) is 5.05. The van der Waals surface area contributed by atoms with Gasteiger partial charge in [0.25, 0.3) is 0 Å². The van der Waals surface area contributed by atoms with Crippen molar-refractivity contribution < 1.29 is 24.2 Å². The van der Waals surface area contributed by atoms with E-state index < -0.39 is 11.8 Å². The van der Waals surface area contributed by atoms with E-state index in [1.807, 2.05) is 12.1 Å². The highest BCUT2D eigenvalue weighted by Crippen LogP contribution is 2.30. The van der Waals surface area contributed by atoms with E-state index >= 15 is 0 Å². The van der Waals surface area contributed by atoms with Gasteiger partial charge in [0.05, 0.1) is 24.4 Å². The maximum Gasteiger partial charge on any atom is 0.348 e. The van der Waals surface area contributed by atoms with Crippen molar-refractivity contribution in [3.05, 3.63) is 50.2 Å². The van der Waals surface area contributed by atoms with Crippen LogP contribution in [-0.2, 0) is 16.0 Å². The van der Waals surface area contributed by atoms with Crippen LogP contribution in [0.25, 0.3) is 6.08 Å². The second-order valence-corrected chi connectivity index (χ2v) is 7.22. The Kier molecular flexibility index (Phi) is 7.74. The van der Waals surface area contributed by atoms with Crippen LogP contribution < -0.4 is 4.74 Å². The molecule has 0 atom stereocenters. The Labute approximate surface area is 178 Å². The second kappa shape index (κ2) is 10.2. The molecule has 30 heavy (non-hydrogen) atoms. The summed E-state index contributed by atoms with van der Waals surface area (Å²) in [7, 11) is 0. The summed E-state index contributed by atoms with van der Waals surface area (Å²) in [6, 6.07) is 8.40. The third-order valence-corrected chi connectivity index (χ3v) is 5.40. The van der Waals surface area contributed by atoms with Crippen LogP contribution in [0.15, 0.2) is 23.8 Å². The molecule has 0 unspecified atom stereocenters. The van der Waals surface area contributed by atoms with Gasteiger partial charge in [-0.15, -0.1) is 11.3 Å². The lowest BCUT2D eigenvalue weighted by molar-refractivity contribution is -0.114. The molecule has 0 fully saturated rings. The average molecular weight is 424 g/mol. The molecule has 8 heteroatoms. The molecule has 154 valence electrons. The minimum atomic E-state index is -0.543. The van der Waals surface area contributed by atoms with Crippen molar-refractivity contribution in [2.24, 2.45) is 0 Å². The molecule has 1 aromatic heterocycles. The van der Waals surface area contributed by atoms with Crippen LogP contribution in [0.5, 0.6) is 11.5 Å². The summed E-state index contributed by atoms with van der Waals surface area (Å²) < 4.78 is 10.3. The van der Waals surface area contributed by atoms with Crippen LogP contribution in [0.4, 0.5) is 0 Å². The van der Waals surface area contributed by atoms with Gasteiger partial charge in [0, 0.05) is 11.3 Å². The van der Waals surface area contributed by atoms with Gasteiger partial charge in [-0.1, -0.05) is 6.07 Å². The van der Waals surface area contributed by atoms with Crippen molar-refractivity contribution in [1.29, 1.82) is 10.5 Å². The van der Waals surface area contributed by atoms with Crippen LogP contribution in [-0.4, -0.2) is 30.1 Å². The van der Waals surface area contributed by atoms with Crippen LogP contribution in [0.2, 0.25) is 0 Å². The Morgan fingerprint density at radius 3 is 2.57 bits per heavy atom. The van der Waals surface area contributed by atoms with Crippen LogP contribution >= 0.6 is 11.3 Å². The van der Waals surface area contributed by atoms with Gasteiger partial charge in [0.1, 0.15) is 17.0 Å². The Hall–Kier alpha value is -3.62. The van der Waals surface area contributed by atoms with E-state index in [2.05, 4.69) is 0 Å². The highest BCUT2D eigenvalue weighted by molar-refractivity contribution is 7.14. The van der Waals surface area contributed by atoms with Crippen molar-refractivity contribution in [1.82, 2.24) is 0 Å². The molecule has 2 rings (SSSR count). The summed E-state index contributed by atoms with van der Waals surface area (Å²) in [4.78, 5) is 25.5. The van der Waals surface area contributed by atoms with Gasteiger partial charge in [0.15, 0.2) is 17.3 Å². The number of thiophene rings is 1. The number of ether oxygens (including phenoxy) is 2. The fourth-order valence-electron chi connectivity index (χ4n) is 2.71. The lowest BCUT2D eigenvalue weighted by atomic mass is 10.0. The molecule has 0 bridgehead atoms. The first kappa shape index (κ1) is 22.7. The molecule has 1 aromatic carbocycles. The number of nitriles is 2. The monoisotopic (exact) mass is 424 g/mol. The number of phenols is 1. The molecule has 0 aliphatic carbocycles. The van der Waals surface area contributed by atoms with E-state index in [0.717, 1.165) is 11.3 Å². The highest BCUT2D eigenvalue weighted by Gasteiger charge is 2.23. The van der Waals surface area contributed by atoms with Gasteiger partial charge in [-0.05, 0) is 50.1 Å². The Morgan fingerprint density at radius 1 is 1.23 bits per heavy atom. The summed E-state index contributed by atoms with van der Waals surface area (Å²) in [6.45, 7) is 5.63. The number of carbonyl (C=O) groups excluding carboxylic acids is 2. The number of nitrogens with zero attached hydrogens (tertiary/aromatic N) is 2. The summed E-state index contributed by atoms with van der Waals surface area (Å²) in [5.74, 6) is -0.829. The topological polar surface area (TPSA) is 120 Å². The number of carbonyl (C=O) groups is 2. The largest absolute Gasteiger partial charge is 0.504 e. The zero-order valence-electron chi connectivity index (χ0n) is 16.8. The molecule has 0 aliphatic rings. The number of ketones is 1. The Morgan fingerprint density at radius 2 is 1.97 bits per heavy atom. The van der Waals surface area contributed by atoms with E-state index in [4.69, 9.17) is 9.47 Å². The summed E-state index contributed by atoms with van der Waals surface area (Å²) in [6.07, 6.45) is 1.20. The molecular weight excluding hydrogens is 404 g/mol. The maximum absolute atomic E-state index is 12.7. The molecule has 1 N–H and O–H groups in total. The molecule has 0 aliphatic heterocycles. The van der Waals surface area contributed by atoms with Gasteiger partial charge in [-0.3, -0.25) is 4.79 Å². The minimum Gasteiger partial charge on any atom is -0.504 e. The molecule has 0 radical (unpaired) electrons. The summed E-state index contributed by atoms with van der Waals surface area (Å²) in [5, 5.41) is 28.7. The zero-order chi connectivity index (χ0) is 22.3. The predicted molar refractivity (Wildman–Crippen MR) is 111 cm³/mol. The SMILES string of the molecule is CCOC(=O)c1sc(CC(=O)/C(C#N)=C/c2ccc(O)c(OCC)c2)c(C#N)c1C. The van der Waals surface area contributed by atoms with Crippen molar-refractivity contribution in [2.45, 2.75) is 27.2 Å². The van der Waals surface area contributed by atoms with Crippen molar-refractivity contribution in [3.8, 4) is 23.6 Å². The molecule has 0 saturated carbocycles. The van der Waals surface area contributed by atoms with E-state index in [-0.39, 0.29) is 40.5 Å². The van der Waals surface area contributed by atoms with Gasteiger partial charge < -0.3 is 14.6 Å². The van der Waals surface area contributed by atoms with Gasteiger partial charge in [-0.25, -0.2) is 4.79 Å². The van der Waals surface area contributed by atoms with Crippen LogP contribution in [0.1, 0.15) is 45.1 Å². The van der Waals surface area contributed by atoms with Gasteiger partial charge in [0.2, 0.25) is 0 Å². The lowest BCUT2D eigenvalue weighted by Crippen LogP contribution is -2.05. The van der Waals surface area contributed by atoms with Crippen molar-refractivity contribution in [2.75, 3.05) is 13.2 Å².